The van der Waals surface area contributed by atoms with Crippen LogP contribution in [0.5, 0.6) is 5.75 Å². The lowest BCUT2D eigenvalue weighted by atomic mass is 10.0. The van der Waals surface area contributed by atoms with Crippen LogP contribution in [-0.4, -0.2) is 39.0 Å². The second kappa shape index (κ2) is 4.93. The number of aliphatic hydroxyl groups is 3. The van der Waals surface area contributed by atoms with Gasteiger partial charge in [0.2, 0.25) is 0 Å². The molecule has 0 aliphatic carbocycles. The number of amides is 1. The molecule has 0 spiro atoms. The normalized spacial score (nSPS) is 14.4. The summed E-state index contributed by atoms with van der Waals surface area (Å²) >= 11 is 0. The zero-order valence-electron chi connectivity index (χ0n) is 8.37. The largest absolute Gasteiger partial charge is 0.507 e. The van der Waals surface area contributed by atoms with Crippen LogP contribution in [0.1, 0.15) is 22.0 Å². The van der Waals surface area contributed by atoms with Crippen LogP contribution in [0.25, 0.3) is 0 Å². The van der Waals surface area contributed by atoms with Gasteiger partial charge in [-0.3, -0.25) is 4.79 Å². The van der Waals surface area contributed by atoms with E-state index in [1.54, 1.807) is 0 Å². The number of phenols is 1. The zero-order valence-corrected chi connectivity index (χ0v) is 8.37. The predicted octanol–water partition coefficient (Wildman–Crippen LogP) is -1.12. The highest BCUT2D eigenvalue weighted by Crippen LogP contribution is 2.23. The molecule has 0 saturated heterocycles. The van der Waals surface area contributed by atoms with Gasteiger partial charge in [-0.05, 0) is 17.7 Å². The number of nitrogens with two attached hydrogens (primary N) is 1. The molecule has 6 N–H and O–H groups in total. The van der Waals surface area contributed by atoms with Gasteiger partial charge >= 0.3 is 0 Å². The van der Waals surface area contributed by atoms with Crippen molar-refractivity contribution in [3.63, 3.8) is 0 Å². The maximum Gasteiger partial charge on any atom is 0.252 e. The summed E-state index contributed by atoms with van der Waals surface area (Å²) in [7, 11) is 0. The van der Waals surface area contributed by atoms with Crippen molar-refractivity contribution in [2.45, 2.75) is 12.2 Å². The number of hydrogen-bond acceptors (Lipinski definition) is 5. The smallest absolute Gasteiger partial charge is 0.252 e. The molecule has 0 bridgehead atoms. The van der Waals surface area contributed by atoms with E-state index in [0.29, 0.717) is 0 Å². The maximum atomic E-state index is 10.9. The average molecular weight is 227 g/mol. The lowest BCUT2D eigenvalue weighted by Gasteiger charge is -2.16. The quantitative estimate of drug-likeness (QED) is 0.445. The maximum absolute atomic E-state index is 10.9. The van der Waals surface area contributed by atoms with Gasteiger partial charge in [0.25, 0.3) is 5.91 Å². The first-order chi connectivity index (χ1) is 7.47. The summed E-state index contributed by atoms with van der Waals surface area (Å²) < 4.78 is 0. The highest BCUT2D eigenvalue weighted by Gasteiger charge is 2.19. The highest BCUT2D eigenvalue weighted by molar-refractivity contribution is 5.95. The van der Waals surface area contributed by atoms with Crippen molar-refractivity contribution in [3.05, 3.63) is 29.3 Å². The first-order valence-corrected chi connectivity index (χ1v) is 4.57. The summed E-state index contributed by atoms with van der Waals surface area (Å²) in [6.45, 7) is -0.617. The highest BCUT2D eigenvalue weighted by atomic mass is 16.4. The van der Waals surface area contributed by atoms with E-state index in [1.807, 2.05) is 0 Å². The molecule has 1 amide bonds. The lowest BCUT2D eigenvalue weighted by Crippen LogP contribution is -2.22. The fourth-order valence-electron chi connectivity index (χ4n) is 1.26. The molecule has 0 aliphatic rings. The number of carbonyl (C=O) groups excluding carboxylic acids is 1. The third-order valence-electron chi connectivity index (χ3n) is 2.18. The van der Waals surface area contributed by atoms with Gasteiger partial charge in [0, 0.05) is 0 Å². The van der Waals surface area contributed by atoms with Crippen molar-refractivity contribution in [1.29, 1.82) is 0 Å². The second-order valence-electron chi connectivity index (χ2n) is 3.34. The Morgan fingerprint density at radius 3 is 2.50 bits per heavy atom. The number of rotatable bonds is 4. The van der Waals surface area contributed by atoms with Gasteiger partial charge in [0.15, 0.2) is 0 Å². The third-order valence-corrected chi connectivity index (χ3v) is 2.18. The van der Waals surface area contributed by atoms with Crippen molar-refractivity contribution in [1.82, 2.24) is 0 Å². The minimum absolute atomic E-state index is 0.151. The summed E-state index contributed by atoms with van der Waals surface area (Å²) in [4.78, 5) is 10.9. The number of benzene rings is 1. The molecular formula is C10H13NO5. The Kier molecular flexibility index (Phi) is 3.83. The molecule has 0 fully saturated rings. The van der Waals surface area contributed by atoms with E-state index < -0.39 is 24.7 Å². The number of aromatic hydroxyl groups is 1. The van der Waals surface area contributed by atoms with E-state index in [4.69, 9.17) is 10.8 Å². The van der Waals surface area contributed by atoms with E-state index in [0.717, 1.165) is 0 Å². The minimum Gasteiger partial charge on any atom is -0.507 e. The molecule has 0 heterocycles. The summed E-state index contributed by atoms with van der Waals surface area (Å²) in [5.74, 6) is -1.15. The molecule has 1 aromatic carbocycles. The molecule has 0 radical (unpaired) electrons. The molecule has 16 heavy (non-hydrogen) atoms. The zero-order chi connectivity index (χ0) is 12.3. The Balaban J connectivity index is 3.07. The van der Waals surface area contributed by atoms with E-state index in [1.165, 1.54) is 18.2 Å². The molecule has 0 aliphatic heterocycles. The third kappa shape index (κ3) is 2.48. The molecule has 0 aromatic heterocycles. The van der Waals surface area contributed by atoms with Gasteiger partial charge in [-0.1, -0.05) is 6.07 Å². The fourth-order valence-corrected chi connectivity index (χ4v) is 1.26. The van der Waals surface area contributed by atoms with Gasteiger partial charge < -0.3 is 26.2 Å². The Morgan fingerprint density at radius 2 is 2.00 bits per heavy atom. The summed E-state index contributed by atoms with van der Waals surface area (Å²) in [6, 6.07) is 3.68. The van der Waals surface area contributed by atoms with Crippen LogP contribution < -0.4 is 5.73 Å². The predicted molar refractivity (Wildman–Crippen MR) is 54.7 cm³/mol. The Labute approximate surface area is 91.6 Å². The van der Waals surface area contributed by atoms with Gasteiger partial charge in [-0.2, -0.15) is 0 Å². The molecule has 88 valence electrons. The number of hydrogen-bond donors (Lipinski definition) is 5. The molecule has 2 unspecified atom stereocenters. The van der Waals surface area contributed by atoms with Crippen LogP contribution in [0.2, 0.25) is 0 Å². The standard InChI is InChI=1S/C10H13NO5/c11-10(16)6-3-5(1-2-7(6)13)9(15)8(14)4-12/h1-3,8-9,12-15H,4H2,(H2,11,16). The van der Waals surface area contributed by atoms with Gasteiger partial charge in [0.05, 0.1) is 12.2 Å². The van der Waals surface area contributed by atoms with Crippen LogP contribution in [0.3, 0.4) is 0 Å². The van der Waals surface area contributed by atoms with Crippen molar-refractivity contribution >= 4 is 5.91 Å². The van der Waals surface area contributed by atoms with Crippen LogP contribution in [0, 0.1) is 0 Å². The Hall–Kier alpha value is -1.63. The summed E-state index contributed by atoms with van der Waals surface area (Å²) in [5, 5.41) is 36.7. The molecule has 2 atom stereocenters. The molecule has 6 heteroatoms. The van der Waals surface area contributed by atoms with Crippen molar-refractivity contribution in [2.24, 2.45) is 5.73 Å². The molecule has 1 aromatic rings. The molecule has 0 saturated carbocycles. The Morgan fingerprint density at radius 1 is 1.38 bits per heavy atom. The topological polar surface area (TPSA) is 124 Å². The first-order valence-electron chi connectivity index (χ1n) is 4.57. The number of aliphatic hydroxyl groups excluding tert-OH is 3. The van der Waals surface area contributed by atoms with Crippen LogP contribution >= 0.6 is 0 Å². The van der Waals surface area contributed by atoms with Crippen LogP contribution in [0.4, 0.5) is 0 Å². The van der Waals surface area contributed by atoms with E-state index in [2.05, 4.69) is 0 Å². The van der Waals surface area contributed by atoms with E-state index >= 15 is 0 Å². The van der Waals surface area contributed by atoms with E-state index in [9.17, 15) is 20.1 Å². The van der Waals surface area contributed by atoms with E-state index in [-0.39, 0.29) is 16.9 Å². The first kappa shape index (κ1) is 12.4. The Bertz CT molecular complexity index is 393. The van der Waals surface area contributed by atoms with Crippen molar-refractivity contribution < 1.29 is 25.2 Å². The van der Waals surface area contributed by atoms with Crippen molar-refractivity contribution in [2.75, 3.05) is 6.61 Å². The monoisotopic (exact) mass is 227 g/mol. The van der Waals surface area contributed by atoms with Gasteiger partial charge in [-0.15, -0.1) is 0 Å². The molecular weight excluding hydrogens is 214 g/mol. The lowest BCUT2D eigenvalue weighted by molar-refractivity contribution is -0.0152. The second-order valence-corrected chi connectivity index (χ2v) is 3.34. The number of carbonyl (C=O) groups is 1. The van der Waals surface area contributed by atoms with Gasteiger partial charge in [0.1, 0.15) is 18.0 Å². The van der Waals surface area contributed by atoms with Crippen LogP contribution in [-0.2, 0) is 0 Å². The fraction of sp³-hybridized carbons (Fsp3) is 0.300. The van der Waals surface area contributed by atoms with Crippen LogP contribution in [0.15, 0.2) is 18.2 Å². The minimum atomic E-state index is -1.36. The number of primary amides is 1. The summed E-state index contributed by atoms with van der Waals surface area (Å²) in [6.07, 6.45) is -2.70. The van der Waals surface area contributed by atoms with Crippen molar-refractivity contribution in [3.8, 4) is 5.75 Å². The van der Waals surface area contributed by atoms with Gasteiger partial charge in [-0.25, -0.2) is 0 Å². The SMILES string of the molecule is NC(=O)c1cc(C(O)C(O)CO)ccc1O. The molecule has 6 nitrogen and oxygen atoms in total. The average Bonchev–Trinajstić information content (AvgIpc) is 2.27. The summed E-state index contributed by atoms with van der Waals surface area (Å²) in [5.41, 5.74) is 5.04. The molecule has 1 rings (SSSR count).